The number of carboxylic acid groups (broad SMARTS) is 1. The molecule has 0 bridgehead atoms. The third-order valence-electron chi connectivity index (χ3n) is 4.84. The molecule has 0 aromatic heterocycles. The Hall–Kier alpha value is -3.58. The number of methoxy groups -OCH3 is 1. The molecule has 1 atom stereocenters. The molecule has 3 aromatic carbocycles. The molecule has 0 radical (unpaired) electrons. The van der Waals surface area contributed by atoms with Crippen molar-refractivity contribution in [3.05, 3.63) is 78.4 Å². The molecule has 0 fully saturated rings. The number of halogens is 1. The van der Waals surface area contributed by atoms with Gasteiger partial charge in [-0.25, -0.2) is 4.79 Å². The minimum atomic E-state index is -0.983. The Balaban J connectivity index is 1.39. The molecule has 3 aromatic rings. The SMILES string of the molecule is CO[C@@H](Cc1ccc(OCCCOc2ccc(-c3cccc(OF)c3)cc2)cc1)C(=O)O. The molecular weight excluding hydrogens is 415 g/mol. The van der Waals surface area contributed by atoms with Gasteiger partial charge < -0.3 is 19.3 Å². The highest BCUT2D eigenvalue weighted by Crippen LogP contribution is 2.26. The predicted molar refractivity (Wildman–Crippen MR) is 118 cm³/mol. The van der Waals surface area contributed by atoms with Crippen molar-refractivity contribution in [1.82, 2.24) is 0 Å². The van der Waals surface area contributed by atoms with E-state index in [0.29, 0.717) is 31.8 Å². The van der Waals surface area contributed by atoms with Crippen molar-refractivity contribution in [2.75, 3.05) is 20.3 Å². The van der Waals surface area contributed by atoms with Crippen molar-refractivity contribution in [3.8, 4) is 28.4 Å². The molecular formula is C25H25FO6. The zero-order chi connectivity index (χ0) is 22.8. The lowest BCUT2D eigenvalue weighted by Gasteiger charge is -2.11. The van der Waals surface area contributed by atoms with Gasteiger partial charge in [0.2, 0.25) is 0 Å². The fraction of sp³-hybridized carbons (Fsp3) is 0.240. The smallest absolute Gasteiger partial charge is 0.333 e. The van der Waals surface area contributed by atoms with E-state index in [0.717, 1.165) is 22.4 Å². The van der Waals surface area contributed by atoms with E-state index < -0.39 is 12.1 Å². The van der Waals surface area contributed by atoms with Gasteiger partial charge in [-0.15, -0.1) is 0 Å². The summed E-state index contributed by atoms with van der Waals surface area (Å²) in [5.74, 6) is 0.629. The first-order chi connectivity index (χ1) is 15.6. The topological polar surface area (TPSA) is 74.2 Å². The van der Waals surface area contributed by atoms with Gasteiger partial charge in [-0.2, -0.15) is 0 Å². The standard InChI is InChI=1S/C25H25FO6/c1-29-24(25(27)28)16-18-6-10-21(11-7-18)30-14-3-15-31-22-12-8-19(9-13-22)20-4-2-5-23(17-20)32-26/h2,4-13,17,24H,3,14-16H2,1H3,(H,27,28)/t24-/m0/s1. The van der Waals surface area contributed by atoms with Crippen LogP contribution in [0.3, 0.4) is 0 Å². The van der Waals surface area contributed by atoms with Crippen molar-refractivity contribution in [2.24, 2.45) is 0 Å². The lowest BCUT2D eigenvalue weighted by molar-refractivity contribution is -0.148. The van der Waals surface area contributed by atoms with Gasteiger partial charge in [0.25, 0.3) is 0 Å². The van der Waals surface area contributed by atoms with Crippen molar-refractivity contribution < 1.29 is 33.6 Å². The average Bonchev–Trinajstić information content (AvgIpc) is 2.83. The number of carbonyl (C=O) groups is 1. The molecule has 0 aliphatic heterocycles. The van der Waals surface area contributed by atoms with E-state index in [9.17, 15) is 9.32 Å². The summed E-state index contributed by atoms with van der Waals surface area (Å²) in [6.07, 6.45) is 0.139. The number of aliphatic carboxylic acids is 1. The molecule has 6 nitrogen and oxygen atoms in total. The summed E-state index contributed by atoms with van der Waals surface area (Å²) in [4.78, 5) is 14.8. The third-order valence-corrected chi connectivity index (χ3v) is 4.84. The van der Waals surface area contributed by atoms with E-state index in [1.165, 1.54) is 7.11 Å². The van der Waals surface area contributed by atoms with Crippen molar-refractivity contribution >= 4 is 5.97 Å². The molecule has 0 amide bonds. The van der Waals surface area contributed by atoms with Gasteiger partial charge in [0.05, 0.1) is 13.2 Å². The summed E-state index contributed by atoms with van der Waals surface area (Å²) < 4.78 is 28.7. The van der Waals surface area contributed by atoms with Gasteiger partial charge in [-0.1, -0.05) is 36.4 Å². The number of rotatable bonds is 12. The highest BCUT2D eigenvalue weighted by Gasteiger charge is 2.16. The lowest BCUT2D eigenvalue weighted by atomic mass is 10.1. The van der Waals surface area contributed by atoms with Crippen molar-refractivity contribution in [1.29, 1.82) is 0 Å². The highest BCUT2D eigenvalue weighted by atomic mass is 19.3. The normalized spacial score (nSPS) is 11.6. The Morgan fingerprint density at radius 2 is 1.50 bits per heavy atom. The summed E-state index contributed by atoms with van der Waals surface area (Å²) in [6, 6.07) is 21.6. The average molecular weight is 440 g/mol. The van der Waals surface area contributed by atoms with Crippen LogP contribution in [0.25, 0.3) is 11.1 Å². The fourth-order valence-electron chi connectivity index (χ4n) is 3.11. The molecule has 32 heavy (non-hydrogen) atoms. The predicted octanol–water partition coefficient (Wildman–Crippen LogP) is 5.11. The zero-order valence-electron chi connectivity index (χ0n) is 17.7. The molecule has 0 unspecified atom stereocenters. The van der Waals surface area contributed by atoms with Gasteiger partial charge in [0, 0.05) is 24.5 Å². The van der Waals surface area contributed by atoms with Crippen LogP contribution in [0.5, 0.6) is 17.2 Å². The van der Waals surface area contributed by atoms with Gasteiger partial charge in [0.1, 0.15) is 11.5 Å². The van der Waals surface area contributed by atoms with Gasteiger partial charge in [-0.05, 0) is 53.1 Å². The van der Waals surface area contributed by atoms with Gasteiger partial charge in [0.15, 0.2) is 11.9 Å². The Morgan fingerprint density at radius 3 is 2.06 bits per heavy atom. The summed E-state index contributed by atoms with van der Waals surface area (Å²) in [6.45, 7) is 0.986. The second-order valence-electron chi connectivity index (χ2n) is 7.09. The van der Waals surface area contributed by atoms with E-state index >= 15 is 0 Å². The Bertz CT molecular complexity index is 988. The first-order valence-electron chi connectivity index (χ1n) is 10.2. The van der Waals surface area contributed by atoms with Crippen molar-refractivity contribution in [3.63, 3.8) is 0 Å². The number of ether oxygens (including phenoxy) is 3. The van der Waals surface area contributed by atoms with E-state index in [2.05, 4.69) is 4.94 Å². The van der Waals surface area contributed by atoms with E-state index in [1.54, 1.807) is 18.2 Å². The molecule has 0 aliphatic carbocycles. The van der Waals surface area contributed by atoms with E-state index in [4.69, 9.17) is 19.3 Å². The monoisotopic (exact) mass is 440 g/mol. The van der Waals surface area contributed by atoms with E-state index in [-0.39, 0.29) is 5.75 Å². The molecule has 0 aliphatic rings. The second-order valence-corrected chi connectivity index (χ2v) is 7.09. The Labute approximate surface area is 186 Å². The minimum absolute atomic E-state index is 0.164. The number of hydrogen-bond acceptors (Lipinski definition) is 5. The van der Waals surface area contributed by atoms with Crippen LogP contribution in [0.2, 0.25) is 0 Å². The van der Waals surface area contributed by atoms with Crippen LogP contribution < -0.4 is 14.4 Å². The fourth-order valence-corrected chi connectivity index (χ4v) is 3.11. The van der Waals surface area contributed by atoms with E-state index in [1.807, 2.05) is 54.6 Å². The van der Waals surface area contributed by atoms with Gasteiger partial charge in [-0.3, -0.25) is 4.94 Å². The molecule has 168 valence electrons. The lowest BCUT2D eigenvalue weighted by Crippen LogP contribution is -2.24. The summed E-state index contributed by atoms with van der Waals surface area (Å²) >= 11 is 0. The maximum absolute atomic E-state index is 12.3. The maximum atomic E-state index is 12.3. The van der Waals surface area contributed by atoms with Crippen molar-refractivity contribution in [2.45, 2.75) is 18.9 Å². The highest BCUT2D eigenvalue weighted by molar-refractivity contribution is 5.72. The molecule has 0 saturated heterocycles. The summed E-state index contributed by atoms with van der Waals surface area (Å²) in [5, 5.41) is 9.04. The molecule has 0 heterocycles. The molecule has 3 rings (SSSR count). The van der Waals surface area contributed by atoms with Crippen LogP contribution in [0.15, 0.2) is 72.8 Å². The quantitative estimate of drug-likeness (QED) is 0.395. The number of carboxylic acids is 1. The van der Waals surface area contributed by atoms with Crippen LogP contribution in [-0.4, -0.2) is 37.5 Å². The first-order valence-corrected chi connectivity index (χ1v) is 10.2. The zero-order valence-corrected chi connectivity index (χ0v) is 17.7. The molecule has 0 spiro atoms. The summed E-state index contributed by atoms with van der Waals surface area (Å²) in [5.41, 5.74) is 2.65. The van der Waals surface area contributed by atoms with Crippen LogP contribution in [-0.2, 0) is 16.0 Å². The molecule has 7 heteroatoms. The summed E-state index contributed by atoms with van der Waals surface area (Å²) in [7, 11) is 1.38. The first kappa shape index (κ1) is 23.1. The molecule has 1 N–H and O–H groups in total. The Kier molecular flexibility index (Phi) is 8.45. The molecule has 0 saturated carbocycles. The van der Waals surface area contributed by atoms with Gasteiger partial charge >= 0.3 is 5.97 Å². The largest absolute Gasteiger partial charge is 0.493 e. The van der Waals surface area contributed by atoms with Crippen LogP contribution in [0.4, 0.5) is 4.53 Å². The van der Waals surface area contributed by atoms with Crippen LogP contribution in [0.1, 0.15) is 12.0 Å². The number of benzene rings is 3. The van der Waals surface area contributed by atoms with Crippen LogP contribution >= 0.6 is 0 Å². The second kappa shape index (κ2) is 11.7. The maximum Gasteiger partial charge on any atom is 0.333 e. The Morgan fingerprint density at radius 1 is 0.875 bits per heavy atom. The third kappa shape index (κ3) is 6.72. The number of hydrogen-bond donors (Lipinski definition) is 1. The van der Waals surface area contributed by atoms with Crippen LogP contribution in [0, 0.1) is 0 Å². The minimum Gasteiger partial charge on any atom is -0.493 e.